The molecule has 0 radical (unpaired) electrons. The molecule has 0 fully saturated rings. The van der Waals surface area contributed by atoms with Crippen molar-refractivity contribution >= 4 is 5.97 Å². The molecule has 0 spiro atoms. The lowest BCUT2D eigenvalue weighted by molar-refractivity contribution is -0.143. The third kappa shape index (κ3) is 4.35. The number of rotatable bonds is 7. The summed E-state index contributed by atoms with van der Waals surface area (Å²) >= 11 is 0. The second-order valence-corrected chi connectivity index (χ2v) is 5.30. The fraction of sp³-hybridized carbons (Fsp3) is 0.562. The highest BCUT2D eigenvalue weighted by Crippen LogP contribution is 2.22. The number of hydrogen-bond acceptors (Lipinski definition) is 2. The molecule has 3 heteroatoms. The Labute approximate surface area is 116 Å². The van der Waals surface area contributed by atoms with Gasteiger partial charge in [-0.25, -0.2) is 0 Å². The van der Waals surface area contributed by atoms with Gasteiger partial charge >= 0.3 is 5.97 Å². The van der Waals surface area contributed by atoms with Crippen molar-refractivity contribution in [3.8, 4) is 0 Å². The van der Waals surface area contributed by atoms with Crippen molar-refractivity contribution in [2.75, 3.05) is 13.1 Å². The van der Waals surface area contributed by atoms with E-state index in [4.69, 9.17) is 0 Å². The SMILES string of the molecule is CCN(CC)C(C(=O)O)c1ccc(CC(C)C)cc1. The Balaban J connectivity index is 2.94. The van der Waals surface area contributed by atoms with Gasteiger partial charge in [0.2, 0.25) is 0 Å². The maximum atomic E-state index is 11.5. The molecule has 0 amide bonds. The number of carboxylic acid groups (broad SMARTS) is 1. The van der Waals surface area contributed by atoms with Crippen molar-refractivity contribution < 1.29 is 9.90 Å². The van der Waals surface area contributed by atoms with Crippen molar-refractivity contribution in [2.45, 2.75) is 40.2 Å². The van der Waals surface area contributed by atoms with Crippen molar-refractivity contribution in [3.63, 3.8) is 0 Å². The van der Waals surface area contributed by atoms with Gasteiger partial charge in [-0.2, -0.15) is 0 Å². The molecule has 0 bridgehead atoms. The van der Waals surface area contributed by atoms with E-state index in [-0.39, 0.29) is 0 Å². The average Bonchev–Trinajstić information content (AvgIpc) is 2.36. The number of aliphatic carboxylic acids is 1. The van der Waals surface area contributed by atoms with Crippen LogP contribution in [0.4, 0.5) is 0 Å². The second kappa shape index (κ2) is 7.29. The first-order valence-electron chi connectivity index (χ1n) is 7.05. The minimum Gasteiger partial charge on any atom is -0.480 e. The summed E-state index contributed by atoms with van der Waals surface area (Å²) in [6.07, 6.45) is 1.03. The van der Waals surface area contributed by atoms with Gasteiger partial charge in [0.05, 0.1) is 0 Å². The summed E-state index contributed by atoms with van der Waals surface area (Å²) in [6, 6.07) is 7.47. The Morgan fingerprint density at radius 1 is 1.16 bits per heavy atom. The van der Waals surface area contributed by atoms with Gasteiger partial charge in [-0.15, -0.1) is 0 Å². The molecule has 0 heterocycles. The van der Waals surface area contributed by atoms with Gasteiger partial charge in [-0.3, -0.25) is 9.69 Å². The van der Waals surface area contributed by atoms with Gasteiger partial charge in [0, 0.05) is 0 Å². The molecular formula is C16H25NO2. The molecule has 1 aromatic carbocycles. The highest BCUT2D eigenvalue weighted by atomic mass is 16.4. The third-order valence-corrected chi connectivity index (χ3v) is 3.35. The summed E-state index contributed by atoms with van der Waals surface area (Å²) in [5.74, 6) is -0.163. The average molecular weight is 263 g/mol. The molecule has 0 aliphatic carbocycles. The van der Waals surface area contributed by atoms with E-state index < -0.39 is 12.0 Å². The minimum atomic E-state index is -0.777. The molecule has 0 saturated heterocycles. The van der Waals surface area contributed by atoms with E-state index in [1.807, 2.05) is 30.9 Å². The summed E-state index contributed by atoms with van der Waals surface area (Å²) in [5.41, 5.74) is 2.13. The lowest BCUT2D eigenvalue weighted by Gasteiger charge is -2.26. The highest BCUT2D eigenvalue weighted by Gasteiger charge is 2.25. The molecule has 1 aromatic rings. The van der Waals surface area contributed by atoms with Gasteiger partial charge in [0.25, 0.3) is 0 Å². The standard InChI is InChI=1S/C16H25NO2/c1-5-17(6-2)15(16(18)19)14-9-7-13(8-10-14)11-12(3)4/h7-10,12,15H,5-6,11H2,1-4H3,(H,18,19). The number of carbonyl (C=O) groups is 1. The molecule has 0 saturated carbocycles. The first kappa shape index (κ1) is 15.7. The molecular weight excluding hydrogens is 238 g/mol. The van der Waals surface area contributed by atoms with Crippen molar-refractivity contribution in [1.82, 2.24) is 4.90 Å². The number of likely N-dealkylation sites (N-methyl/N-ethyl adjacent to an activating group) is 1. The van der Waals surface area contributed by atoms with E-state index in [1.165, 1.54) is 5.56 Å². The van der Waals surface area contributed by atoms with Crippen LogP contribution < -0.4 is 0 Å². The molecule has 0 aliphatic heterocycles. The zero-order chi connectivity index (χ0) is 14.4. The van der Waals surface area contributed by atoms with E-state index >= 15 is 0 Å². The summed E-state index contributed by atoms with van der Waals surface area (Å²) in [6.45, 7) is 9.83. The smallest absolute Gasteiger partial charge is 0.325 e. The van der Waals surface area contributed by atoms with Crippen LogP contribution in [0, 0.1) is 5.92 Å². The van der Waals surface area contributed by atoms with Crippen LogP contribution in [0.5, 0.6) is 0 Å². The molecule has 106 valence electrons. The van der Waals surface area contributed by atoms with Crippen LogP contribution >= 0.6 is 0 Å². The van der Waals surface area contributed by atoms with Crippen LogP contribution in [0.3, 0.4) is 0 Å². The van der Waals surface area contributed by atoms with Crippen LogP contribution in [0.15, 0.2) is 24.3 Å². The number of carboxylic acids is 1. The number of hydrogen-bond donors (Lipinski definition) is 1. The number of benzene rings is 1. The predicted molar refractivity (Wildman–Crippen MR) is 78.3 cm³/mol. The monoisotopic (exact) mass is 263 g/mol. The number of nitrogens with zero attached hydrogens (tertiary/aromatic N) is 1. The van der Waals surface area contributed by atoms with Crippen LogP contribution in [-0.2, 0) is 11.2 Å². The van der Waals surface area contributed by atoms with Crippen LogP contribution in [0.2, 0.25) is 0 Å². The summed E-state index contributed by atoms with van der Waals surface area (Å²) in [7, 11) is 0. The van der Waals surface area contributed by atoms with Gasteiger partial charge < -0.3 is 5.11 Å². The zero-order valence-electron chi connectivity index (χ0n) is 12.4. The second-order valence-electron chi connectivity index (χ2n) is 5.30. The predicted octanol–water partition coefficient (Wildman–Crippen LogP) is 3.35. The molecule has 3 nitrogen and oxygen atoms in total. The Morgan fingerprint density at radius 2 is 1.68 bits per heavy atom. The maximum absolute atomic E-state index is 11.5. The van der Waals surface area contributed by atoms with Gasteiger partial charge in [0.15, 0.2) is 0 Å². The lowest BCUT2D eigenvalue weighted by Crippen LogP contribution is -2.33. The van der Waals surface area contributed by atoms with E-state index in [2.05, 4.69) is 26.0 Å². The normalized spacial score (nSPS) is 12.9. The first-order valence-corrected chi connectivity index (χ1v) is 7.05. The van der Waals surface area contributed by atoms with Crippen molar-refractivity contribution in [1.29, 1.82) is 0 Å². The molecule has 0 aromatic heterocycles. The van der Waals surface area contributed by atoms with Crippen molar-refractivity contribution in [3.05, 3.63) is 35.4 Å². The summed E-state index contributed by atoms with van der Waals surface area (Å²) in [5, 5.41) is 9.43. The molecule has 1 rings (SSSR count). The molecule has 1 atom stereocenters. The molecule has 1 unspecified atom stereocenters. The van der Waals surface area contributed by atoms with Crippen LogP contribution in [0.1, 0.15) is 44.9 Å². The summed E-state index contributed by atoms with van der Waals surface area (Å²) < 4.78 is 0. The quantitative estimate of drug-likeness (QED) is 0.820. The Bertz CT molecular complexity index is 394. The fourth-order valence-corrected chi connectivity index (χ4v) is 2.41. The maximum Gasteiger partial charge on any atom is 0.325 e. The summed E-state index contributed by atoms with van der Waals surface area (Å²) in [4.78, 5) is 13.4. The Morgan fingerprint density at radius 3 is 2.05 bits per heavy atom. The Kier molecular flexibility index (Phi) is 6.03. The topological polar surface area (TPSA) is 40.5 Å². The largest absolute Gasteiger partial charge is 0.480 e. The van der Waals surface area contributed by atoms with Crippen LogP contribution in [-0.4, -0.2) is 29.1 Å². The first-order chi connectivity index (χ1) is 8.99. The fourth-order valence-electron chi connectivity index (χ4n) is 2.41. The third-order valence-electron chi connectivity index (χ3n) is 3.35. The van der Waals surface area contributed by atoms with Crippen LogP contribution in [0.25, 0.3) is 0 Å². The molecule has 19 heavy (non-hydrogen) atoms. The zero-order valence-corrected chi connectivity index (χ0v) is 12.4. The lowest BCUT2D eigenvalue weighted by atomic mass is 9.99. The molecule has 0 aliphatic rings. The van der Waals surface area contributed by atoms with E-state index in [0.29, 0.717) is 5.92 Å². The van der Waals surface area contributed by atoms with E-state index in [1.54, 1.807) is 0 Å². The van der Waals surface area contributed by atoms with Gasteiger partial charge in [0.1, 0.15) is 6.04 Å². The van der Waals surface area contributed by atoms with Gasteiger partial charge in [-0.1, -0.05) is 52.0 Å². The van der Waals surface area contributed by atoms with Gasteiger partial charge in [-0.05, 0) is 36.6 Å². The van der Waals surface area contributed by atoms with Crippen molar-refractivity contribution in [2.24, 2.45) is 5.92 Å². The minimum absolute atomic E-state index is 0.539. The Hall–Kier alpha value is -1.35. The highest BCUT2D eigenvalue weighted by molar-refractivity contribution is 5.75. The van der Waals surface area contributed by atoms with E-state index in [0.717, 1.165) is 25.1 Å². The molecule has 1 N–H and O–H groups in total. The van der Waals surface area contributed by atoms with E-state index in [9.17, 15) is 9.90 Å².